The number of nitrogens with zero attached hydrogens (tertiary/aromatic N) is 2. The van der Waals surface area contributed by atoms with Crippen LogP contribution in [0.4, 0.5) is 5.69 Å². The van der Waals surface area contributed by atoms with Crippen molar-refractivity contribution in [1.82, 2.24) is 9.78 Å². The van der Waals surface area contributed by atoms with Gasteiger partial charge in [-0.3, -0.25) is 9.48 Å². The molecule has 100 valence electrons. The summed E-state index contributed by atoms with van der Waals surface area (Å²) in [5.41, 5.74) is 6.99. The molecule has 5 nitrogen and oxygen atoms in total. The van der Waals surface area contributed by atoms with E-state index in [9.17, 15) is 4.79 Å². The molecule has 0 fully saturated rings. The Hall–Kier alpha value is -1.53. The lowest BCUT2D eigenvalue weighted by Gasteiger charge is -2.06. The number of anilines is 1. The second-order valence-corrected chi connectivity index (χ2v) is 5.27. The van der Waals surface area contributed by atoms with Crippen LogP contribution in [-0.2, 0) is 17.9 Å². The van der Waals surface area contributed by atoms with Gasteiger partial charge in [0.1, 0.15) is 6.54 Å². The van der Waals surface area contributed by atoms with Gasteiger partial charge in [-0.05, 0) is 17.7 Å². The van der Waals surface area contributed by atoms with Crippen molar-refractivity contribution >= 4 is 39.1 Å². The summed E-state index contributed by atoms with van der Waals surface area (Å²) in [7, 11) is 0. The van der Waals surface area contributed by atoms with Crippen LogP contribution in [0, 0.1) is 0 Å². The Bertz CT molecular complexity index is 599. The van der Waals surface area contributed by atoms with E-state index >= 15 is 0 Å². The minimum atomic E-state index is -0.421. The Kier molecular flexibility index (Phi) is 4.44. The van der Waals surface area contributed by atoms with Gasteiger partial charge in [0.2, 0.25) is 5.91 Å². The summed E-state index contributed by atoms with van der Waals surface area (Å²) in [6.07, 6.45) is 3.38. The number of benzene rings is 1. The number of carbonyl (C=O) groups is 1. The first-order chi connectivity index (χ1) is 9.04. The molecule has 0 radical (unpaired) electrons. The van der Waals surface area contributed by atoms with Gasteiger partial charge < -0.3 is 11.1 Å². The largest absolute Gasteiger partial charge is 0.378 e. The van der Waals surface area contributed by atoms with Crippen LogP contribution in [-0.4, -0.2) is 15.7 Å². The number of carbonyl (C=O) groups excluding carboxylic acids is 1. The molecule has 2 aromatic rings. The monoisotopic (exact) mass is 342 g/mol. The van der Waals surface area contributed by atoms with Gasteiger partial charge in [0, 0.05) is 22.2 Å². The van der Waals surface area contributed by atoms with E-state index in [0.717, 1.165) is 15.7 Å². The van der Waals surface area contributed by atoms with E-state index in [1.807, 2.05) is 18.2 Å². The normalized spacial score (nSPS) is 10.4. The first kappa shape index (κ1) is 13.9. The van der Waals surface area contributed by atoms with Crippen LogP contribution >= 0.6 is 27.5 Å². The summed E-state index contributed by atoms with van der Waals surface area (Å²) in [6.45, 7) is 0.701. The molecule has 0 unspecified atom stereocenters. The summed E-state index contributed by atoms with van der Waals surface area (Å²) < 4.78 is 2.43. The molecule has 0 saturated carbocycles. The Morgan fingerprint density at radius 3 is 3.00 bits per heavy atom. The van der Waals surface area contributed by atoms with Gasteiger partial charge in [-0.25, -0.2) is 0 Å². The van der Waals surface area contributed by atoms with E-state index in [2.05, 4.69) is 26.3 Å². The zero-order chi connectivity index (χ0) is 13.8. The first-order valence-electron chi connectivity index (χ1n) is 5.53. The number of hydrogen-bond donors (Lipinski definition) is 2. The van der Waals surface area contributed by atoms with E-state index in [1.54, 1.807) is 12.4 Å². The van der Waals surface area contributed by atoms with Crippen molar-refractivity contribution in [1.29, 1.82) is 0 Å². The number of primary amides is 1. The molecule has 1 aromatic heterocycles. The highest BCUT2D eigenvalue weighted by atomic mass is 79.9. The maximum atomic E-state index is 10.8. The Morgan fingerprint density at radius 2 is 2.32 bits per heavy atom. The van der Waals surface area contributed by atoms with E-state index in [4.69, 9.17) is 17.3 Å². The summed E-state index contributed by atoms with van der Waals surface area (Å²) in [5.74, 6) is -0.421. The molecule has 0 aliphatic rings. The van der Waals surface area contributed by atoms with E-state index < -0.39 is 5.91 Å². The third kappa shape index (κ3) is 3.97. The number of nitrogens with one attached hydrogen (secondary N) is 1. The molecular formula is C12H12BrClN4O. The van der Waals surface area contributed by atoms with Crippen LogP contribution in [0.5, 0.6) is 0 Å². The summed E-state index contributed by atoms with van der Waals surface area (Å²) in [6, 6.07) is 5.61. The Morgan fingerprint density at radius 1 is 1.53 bits per heavy atom. The van der Waals surface area contributed by atoms with Crippen molar-refractivity contribution in [2.75, 3.05) is 5.32 Å². The molecule has 0 aliphatic heterocycles. The molecule has 7 heteroatoms. The van der Waals surface area contributed by atoms with Crippen LogP contribution in [0.3, 0.4) is 0 Å². The van der Waals surface area contributed by atoms with Gasteiger partial charge in [-0.2, -0.15) is 5.10 Å². The average molecular weight is 344 g/mol. The van der Waals surface area contributed by atoms with Crippen molar-refractivity contribution in [3.05, 3.63) is 45.7 Å². The van der Waals surface area contributed by atoms with Crippen molar-refractivity contribution in [2.24, 2.45) is 5.73 Å². The third-order valence-electron chi connectivity index (χ3n) is 2.45. The summed E-state index contributed by atoms with van der Waals surface area (Å²) in [4.78, 5) is 10.8. The van der Waals surface area contributed by atoms with Crippen molar-refractivity contribution in [3.8, 4) is 0 Å². The van der Waals surface area contributed by atoms with Gasteiger partial charge in [0.15, 0.2) is 0 Å². The van der Waals surface area contributed by atoms with Gasteiger partial charge >= 0.3 is 0 Å². The molecule has 1 amide bonds. The molecule has 0 spiro atoms. The van der Waals surface area contributed by atoms with Gasteiger partial charge in [-0.1, -0.05) is 33.6 Å². The number of halogens is 2. The number of amides is 1. The minimum absolute atomic E-state index is 0.0757. The molecule has 1 heterocycles. The fourth-order valence-corrected chi connectivity index (χ4v) is 2.39. The molecule has 0 atom stereocenters. The summed E-state index contributed by atoms with van der Waals surface area (Å²) in [5, 5.41) is 7.92. The fraction of sp³-hybridized carbons (Fsp3) is 0.167. The number of nitrogens with two attached hydrogens (primary N) is 1. The highest BCUT2D eigenvalue weighted by Crippen LogP contribution is 2.22. The lowest BCUT2D eigenvalue weighted by atomic mass is 10.2. The molecule has 3 N–H and O–H groups in total. The van der Waals surface area contributed by atoms with Gasteiger partial charge in [0.05, 0.1) is 11.9 Å². The fourth-order valence-electron chi connectivity index (χ4n) is 1.56. The van der Waals surface area contributed by atoms with Crippen LogP contribution in [0.25, 0.3) is 0 Å². The van der Waals surface area contributed by atoms with Crippen LogP contribution in [0.2, 0.25) is 5.02 Å². The van der Waals surface area contributed by atoms with E-state index in [0.29, 0.717) is 11.6 Å². The standard InChI is InChI=1S/C12H12BrClN4O/c13-11-3-9(14)2-1-8(11)4-16-10-5-17-18(6-10)7-12(15)19/h1-3,5-6,16H,4,7H2,(H2,15,19). The zero-order valence-corrected chi connectivity index (χ0v) is 12.3. The first-order valence-corrected chi connectivity index (χ1v) is 6.70. The highest BCUT2D eigenvalue weighted by Gasteiger charge is 2.03. The Balaban J connectivity index is 1.98. The van der Waals surface area contributed by atoms with E-state index in [1.165, 1.54) is 4.68 Å². The average Bonchev–Trinajstić information content (AvgIpc) is 2.74. The van der Waals surface area contributed by atoms with E-state index in [-0.39, 0.29) is 6.54 Å². The molecule has 0 saturated heterocycles. The maximum absolute atomic E-state index is 10.8. The topological polar surface area (TPSA) is 72.9 Å². The number of hydrogen-bond acceptors (Lipinski definition) is 3. The lowest BCUT2D eigenvalue weighted by molar-refractivity contribution is -0.118. The minimum Gasteiger partial charge on any atom is -0.378 e. The quantitative estimate of drug-likeness (QED) is 0.875. The maximum Gasteiger partial charge on any atom is 0.239 e. The van der Waals surface area contributed by atoms with Crippen LogP contribution in [0.15, 0.2) is 35.1 Å². The Labute approximate surface area is 123 Å². The second kappa shape index (κ2) is 6.08. The molecule has 19 heavy (non-hydrogen) atoms. The molecule has 0 bridgehead atoms. The SMILES string of the molecule is NC(=O)Cn1cc(NCc2ccc(Cl)cc2Br)cn1. The van der Waals surface area contributed by atoms with Crippen molar-refractivity contribution in [3.63, 3.8) is 0 Å². The predicted octanol–water partition coefficient (Wildman–Crippen LogP) is 2.40. The van der Waals surface area contributed by atoms with Crippen LogP contribution < -0.4 is 11.1 Å². The highest BCUT2D eigenvalue weighted by molar-refractivity contribution is 9.10. The summed E-state index contributed by atoms with van der Waals surface area (Å²) >= 11 is 9.33. The second-order valence-electron chi connectivity index (χ2n) is 3.98. The zero-order valence-electron chi connectivity index (χ0n) is 9.94. The molecule has 1 aromatic carbocycles. The van der Waals surface area contributed by atoms with Crippen molar-refractivity contribution < 1.29 is 4.79 Å². The van der Waals surface area contributed by atoms with Gasteiger partial charge in [-0.15, -0.1) is 0 Å². The third-order valence-corrected chi connectivity index (χ3v) is 3.42. The van der Waals surface area contributed by atoms with Gasteiger partial charge in [0.25, 0.3) is 0 Å². The molecule has 2 rings (SSSR count). The lowest BCUT2D eigenvalue weighted by Crippen LogP contribution is -2.18. The number of rotatable bonds is 5. The molecule has 0 aliphatic carbocycles. The smallest absolute Gasteiger partial charge is 0.239 e. The molecular weight excluding hydrogens is 332 g/mol. The predicted molar refractivity (Wildman–Crippen MR) is 77.9 cm³/mol. The number of aromatic nitrogens is 2. The van der Waals surface area contributed by atoms with Crippen molar-refractivity contribution in [2.45, 2.75) is 13.1 Å². The van der Waals surface area contributed by atoms with Crippen LogP contribution in [0.1, 0.15) is 5.56 Å².